The summed E-state index contributed by atoms with van der Waals surface area (Å²) < 4.78 is 12.7. The largest absolute Gasteiger partial charge is 0.343 e. The molecule has 0 spiro atoms. The quantitative estimate of drug-likeness (QED) is 0.769. The molecule has 1 fully saturated rings. The molecule has 1 aromatic carbocycles. The third kappa shape index (κ3) is 3.73. The Bertz CT molecular complexity index is 374. The van der Waals surface area contributed by atoms with Crippen LogP contribution in [0.15, 0.2) is 29.2 Å². The molecule has 4 heteroatoms. The Labute approximate surface area is 105 Å². The first-order chi connectivity index (χ1) is 8.25. The first kappa shape index (κ1) is 12.4. The number of benzene rings is 1. The number of amides is 1. The van der Waals surface area contributed by atoms with Gasteiger partial charge in [0.2, 0.25) is 5.91 Å². The first-order valence-electron chi connectivity index (χ1n) is 5.92. The highest BCUT2D eigenvalue weighted by Gasteiger charge is 2.16. The number of carbonyl (C=O) groups excluding carboxylic acids is 1. The number of thioether (sulfide) groups is 1. The molecule has 1 aliphatic heterocycles. The van der Waals surface area contributed by atoms with Crippen molar-refractivity contribution in [2.45, 2.75) is 24.2 Å². The molecular weight excluding hydrogens is 237 g/mol. The van der Waals surface area contributed by atoms with Crippen LogP contribution in [0, 0.1) is 5.82 Å². The van der Waals surface area contributed by atoms with Crippen LogP contribution in [0.4, 0.5) is 4.39 Å². The van der Waals surface area contributed by atoms with Crippen molar-refractivity contribution in [1.29, 1.82) is 0 Å². The lowest BCUT2D eigenvalue weighted by Gasteiger charge is -2.14. The van der Waals surface area contributed by atoms with E-state index in [0.717, 1.165) is 36.6 Å². The first-order valence-corrected chi connectivity index (χ1v) is 6.90. The summed E-state index contributed by atoms with van der Waals surface area (Å²) in [5.41, 5.74) is 0. The summed E-state index contributed by atoms with van der Waals surface area (Å²) in [5.74, 6) is 0.792. The van der Waals surface area contributed by atoms with Crippen molar-refractivity contribution in [3.63, 3.8) is 0 Å². The fraction of sp³-hybridized carbons (Fsp3) is 0.462. The van der Waals surface area contributed by atoms with Gasteiger partial charge in [0.25, 0.3) is 0 Å². The van der Waals surface area contributed by atoms with Gasteiger partial charge in [0, 0.05) is 30.2 Å². The second-order valence-corrected chi connectivity index (χ2v) is 5.31. The van der Waals surface area contributed by atoms with Gasteiger partial charge >= 0.3 is 0 Å². The van der Waals surface area contributed by atoms with Gasteiger partial charge in [-0.2, -0.15) is 0 Å². The maximum atomic E-state index is 12.7. The van der Waals surface area contributed by atoms with Gasteiger partial charge in [-0.15, -0.1) is 11.8 Å². The van der Waals surface area contributed by atoms with Gasteiger partial charge in [-0.25, -0.2) is 4.39 Å². The Morgan fingerprint density at radius 2 is 1.88 bits per heavy atom. The van der Waals surface area contributed by atoms with Crippen molar-refractivity contribution in [1.82, 2.24) is 4.90 Å². The number of likely N-dealkylation sites (tertiary alicyclic amines) is 1. The average molecular weight is 253 g/mol. The molecule has 0 aromatic heterocycles. The van der Waals surface area contributed by atoms with Gasteiger partial charge in [-0.05, 0) is 37.1 Å². The zero-order chi connectivity index (χ0) is 12.1. The van der Waals surface area contributed by atoms with Gasteiger partial charge in [0.15, 0.2) is 0 Å². The Morgan fingerprint density at radius 1 is 1.24 bits per heavy atom. The molecule has 1 heterocycles. The lowest BCUT2D eigenvalue weighted by Crippen LogP contribution is -2.27. The summed E-state index contributed by atoms with van der Waals surface area (Å²) in [7, 11) is 0. The fourth-order valence-corrected chi connectivity index (χ4v) is 2.75. The van der Waals surface area contributed by atoms with Crippen LogP contribution in [0.25, 0.3) is 0 Å². The zero-order valence-corrected chi connectivity index (χ0v) is 10.5. The monoisotopic (exact) mass is 253 g/mol. The van der Waals surface area contributed by atoms with Crippen LogP contribution in [-0.2, 0) is 4.79 Å². The van der Waals surface area contributed by atoms with Crippen molar-refractivity contribution >= 4 is 17.7 Å². The highest BCUT2D eigenvalue weighted by atomic mass is 32.2. The highest BCUT2D eigenvalue weighted by molar-refractivity contribution is 7.99. The van der Waals surface area contributed by atoms with Crippen LogP contribution in [0.1, 0.15) is 19.3 Å². The lowest BCUT2D eigenvalue weighted by molar-refractivity contribution is -0.129. The number of hydrogen-bond acceptors (Lipinski definition) is 2. The summed E-state index contributed by atoms with van der Waals surface area (Å²) >= 11 is 1.60. The van der Waals surface area contributed by atoms with Crippen LogP contribution in [-0.4, -0.2) is 29.6 Å². The third-order valence-corrected chi connectivity index (χ3v) is 3.87. The molecule has 1 aliphatic rings. The standard InChI is InChI=1S/C13H16FNOS/c14-11-3-5-12(6-4-11)17-10-7-13(16)15-8-1-2-9-15/h3-6H,1-2,7-10H2. The summed E-state index contributed by atoms with van der Waals surface area (Å²) in [6.07, 6.45) is 2.84. The van der Waals surface area contributed by atoms with Gasteiger partial charge in [0.1, 0.15) is 5.82 Å². The number of nitrogens with zero attached hydrogens (tertiary/aromatic N) is 1. The van der Waals surface area contributed by atoms with E-state index in [1.54, 1.807) is 23.9 Å². The molecule has 2 nitrogen and oxygen atoms in total. The Hall–Kier alpha value is -1.03. The van der Waals surface area contributed by atoms with Gasteiger partial charge < -0.3 is 4.90 Å². The highest BCUT2D eigenvalue weighted by Crippen LogP contribution is 2.19. The summed E-state index contributed by atoms with van der Waals surface area (Å²) in [6, 6.07) is 6.40. The minimum absolute atomic E-state index is 0.220. The van der Waals surface area contributed by atoms with Crippen LogP contribution >= 0.6 is 11.8 Å². The predicted molar refractivity (Wildman–Crippen MR) is 67.6 cm³/mol. The molecule has 0 bridgehead atoms. The zero-order valence-electron chi connectivity index (χ0n) is 9.69. The van der Waals surface area contributed by atoms with E-state index in [1.807, 2.05) is 4.90 Å². The number of carbonyl (C=O) groups is 1. The molecule has 1 aromatic rings. The maximum absolute atomic E-state index is 12.7. The van der Waals surface area contributed by atoms with E-state index in [0.29, 0.717) is 6.42 Å². The van der Waals surface area contributed by atoms with Gasteiger partial charge in [-0.3, -0.25) is 4.79 Å². The van der Waals surface area contributed by atoms with E-state index in [9.17, 15) is 9.18 Å². The van der Waals surface area contributed by atoms with Crippen LogP contribution in [0.2, 0.25) is 0 Å². The second kappa shape index (κ2) is 6.05. The minimum Gasteiger partial charge on any atom is -0.343 e. The molecule has 17 heavy (non-hydrogen) atoms. The summed E-state index contributed by atoms with van der Waals surface area (Å²) in [5, 5.41) is 0. The molecule has 92 valence electrons. The molecule has 0 N–H and O–H groups in total. The fourth-order valence-electron chi connectivity index (χ4n) is 1.91. The van der Waals surface area contributed by atoms with E-state index in [1.165, 1.54) is 12.1 Å². The normalized spacial score (nSPS) is 15.2. The van der Waals surface area contributed by atoms with E-state index in [4.69, 9.17) is 0 Å². The summed E-state index contributed by atoms with van der Waals surface area (Å²) in [4.78, 5) is 14.7. The van der Waals surface area contributed by atoms with Gasteiger partial charge in [0.05, 0.1) is 0 Å². The van der Waals surface area contributed by atoms with Crippen molar-refractivity contribution in [2.75, 3.05) is 18.8 Å². The average Bonchev–Trinajstić information content (AvgIpc) is 2.85. The molecule has 0 saturated carbocycles. The Morgan fingerprint density at radius 3 is 2.53 bits per heavy atom. The van der Waals surface area contributed by atoms with Crippen LogP contribution in [0.3, 0.4) is 0 Å². The molecule has 0 atom stereocenters. The molecule has 0 radical (unpaired) electrons. The van der Waals surface area contributed by atoms with Gasteiger partial charge in [-0.1, -0.05) is 0 Å². The SMILES string of the molecule is O=C(CCSc1ccc(F)cc1)N1CCCC1. The maximum Gasteiger partial charge on any atom is 0.223 e. The lowest BCUT2D eigenvalue weighted by atomic mass is 10.3. The molecule has 1 saturated heterocycles. The Balaban J connectivity index is 1.72. The smallest absolute Gasteiger partial charge is 0.223 e. The van der Waals surface area contributed by atoms with Crippen molar-refractivity contribution in [3.8, 4) is 0 Å². The molecule has 2 rings (SSSR count). The van der Waals surface area contributed by atoms with Crippen LogP contribution < -0.4 is 0 Å². The van der Waals surface area contributed by atoms with E-state index >= 15 is 0 Å². The summed E-state index contributed by atoms with van der Waals surface area (Å²) in [6.45, 7) is 1.83. The molecule has 0 unspecified atom stereocenters. The molecule has 1 amide bonds. The van der Waals surface area contributed by atoms with Crippen molar-refractivity contribution in [3.05, 3.63) is 30.1 Å². The minimum atomic E-state index is -0.220. The molecular formula is C13H16FNOS. The number of rotatable bonds is 4. The predicted octanol–water partition coefficient (Wildman–Crippen LogP) is 2.93. The van der Waals surface area contributed by atoms with E-state index in [2.05, 4.69) is 0 Å². The number of hydrogen-bond donors (Lipinski definition) is 0. The van der Waals surface area contributed by atoms with E-state index in [-0.39, 0.29) is 11.7 Å². The molecule has 0 aliphatic carbocycles. The van der Waals surface area contributed by atoms with Crippen LogP contribution in [0.5, 0.6) is 0 Å². The number of halogens is 1. The topological polar surface area (TPSA) is 20.3 Å². The van der Waals surface area contributed by atoms with Crippen molar-refractivity contribution in [2.24, 2.45) is 0 Å². The van der Waals surface area contributed by atoms with E-state index < -0.39 is 0 Å². The second-order valence-electron chi connectivity index (χ2n) is 4.14. The Kier molecular flexibility index (Phi) is 4.42. The van der Waals surface area contributed by atoms with Crippen molar-refractivity contribution < 1.29 is 9.18 Å². The third-order valence-electron chi connectivity index (χ3n) is 2.86.